The number of amides is 3. The summed E-state index contributed by atoms with van der Waals surface area (Å²) < 4.78 is 0. The largest absolute Gasteiger partial charge is 0.352 e. The highest BCUT2D eigenvalue weighted by Crippen LogP contribution is 2.37. The summed E-state index contributed by atoms with van der Waals surface area (Å²) in [7, 11) is 0. The van der Waals surface area contributed by atoms with Crippen molar-refractivity contribution in [2.75, 3.05) is 19.6 Å². The summed E-state index contributed by atoms with van der Waals surface area (Å²) >= 11 is 0. The molecule has 0 radical (unpaired) electrons. The molecule has 28 heavy (non-hydrogen) atoms. The highest BCUT2D eigenvalue weighted by molar-refractivity contribution is 6.05. The van der Waals surface area contributed by atoms with Crippen LogP contribution in [0.4, 0.5) is 0 Å². The minimum Gasteiger partial charge on any atom is -0.352 e. The number of fused-ring (bicyclic) bond motifs is 1. The Bertz CT molecular complexity index is 712. The van der Waals surface area contributed by atoms with Gasteiger partial charge in [-0.3, -0.25) is 24.2 Å². The molecule has 1 N–H and O–H groups in total. The Morgan fingerprint density at radius 3 is 2.36 bits per heavy atom. The Kier molecular flexibility index (Phi) is 5.76. The number of carbonyl (C=O) groups is 3. The summed E-state index contributed by atoms with van der Waals surface area (Å²) in [6.45, 7) is 2.92. The molecule has 2 aliphatic heterocycles. The van der Waals surface area contributed by atoms with Crippen LogP contribution in [-0.2, 0) is 20.9 Å². The van der Waals surface area contributed by atoms with Gasteiger partial charge in [-0.05, 0) is 24.8 Å². The van der Waals surface area contributed by atoms with Gasteiger partial charge in [0.2, 0.25) is 17.7 Å². The molecule has 3 amide bonds. The fraction of sp³-hybridized carbons (Fsp3) is 0.591. The van der Waals surface area contributed by atoms with Crippen LogP contribution >= 0.6 is 0 Å². The Hall–Kier alpha value is -2.21. The number of hydrogen-bond donors (Lipinski definition) is 1. The molecule has 150 valence electrons. The minimum atomic E-state index is -0.134. The van der Waals surface area contributed by atoms with Crippen molar-refractivity contribution in [3.8, 4) is 0 Å². The van der Waals surface area contributed by atoms with Gasteiger partial charge in [-0.1, -0.05) is 43.2 Å². The first-order chi connectivity index (χ1) is 13.6. The second-order valence-electron chi connectivity index (χ2n) is 8.35. The Labute approximate surface area is 166 Å². The number of imide groups is 1. The zero-order valence-electron chi connectivity index (χ0n) is 16.3. The number of nitrogens with zero attached hydrogens (tertiary/aromatic N) is 2. The zero-order chi connectivity index (χ0) is 19.5. The van der Waals surface area contributed by atoms with E-state index in [2.05, 4.69) is 22.3 Å². The number of likely N-dealkylation sites (tertiary alicyclic amines) is 2. The first-order valence-corrected chi connectivity index (χ1v) is 10.5. The second kappa shape index (κ2) is 8.43. The lowest BCUT2D eigenvalue weighted by Crippen LogP contribution is -2.40. The average molecular weight is 383 g/mol. The molecule has 1 saturated carbocycles. The molecule has 1 aromatic carbocycles. The van der Waals surface area contributed by atoms with E-state index in [-0.39, 0.29) is 48.6 Å². The second-order valence-corrected chi connectivity index (χ2v) is 8.35. The van der Waals surface area contributed by atoms with Crippen LogP contribution in [-0.4, -0.2) is 53.2 Å². The summed E-state index contributed by atoms with van der Waals surface area (Å²) in [5.74, 6) is -0.451. The van der Waals surface area contributed by atoms with Crippen molar-refractivity contribution in [3.05, 3.63) is 35.9 Å². The molecule has 2 heterocycles. The van der Waals surface area contributed by atoms with Crippen LogP contribution in [0, 0.1) is 11.8 Å². The molecule has 1 aliphatic carbocycles. The first-order valence-electron chi connectivity index (χ1n) is 10.5. The van der Waals surface area contributed by atoms with Crippen LogP contribution in [0.3, 0.4) is 0 Å². The quantitative estimate of drug-likeness (QED) is 0.763. The number of rotatable bonds is 6. The lowest BCUT2D eigenvalue weighted by Gasteiger charge is -2.19. The highest BCUT2D eigenvalue weighted by atomic mass is 16.2. The molecule has 0 unspecified atom stereocenters. The van der Waals surface area contributed by atoms with Gasteiger partial charge < -0.3 is 5.32 Å². The van der Waals surface area contributed by atoms with Gasteiger partial charge in [0.05, 0.1) is 11.8 Å². The molecule has 3 aliphatic rings. The maximum Gasteiger partial charge on any atom is 0.233 e. The van der Waals surface area contributed by atoms with Crippen LogP contribution < -0.4 is 5.32 Å². The van der Waals surface area contributed by atoms with E-state index in [0.717, 1.165) is 51.7 Å². The van der Waals surface area contributed by atoms with Crippen molar-refractivity contribution in [1.82, 2.24) is 15.1 Å². The van der Waals surface area contributed by atoms with Crippen molar-refractivity contribution in [1.29, 1.82) is 0 Å². The molecule has 0 aromatic heterocycles. The summed E-state index contributed by atoms with van der Waals surface area (Å²) in [5.41, 5.74) is 1.28. The molecular weight excluding hydrogens is 354 g/mol. The summed E-state index contributed by atoms with van der Waals surface area (Å²) in [4.78, 5) is 41.0. The third-order valence-electron chi connectivity index (χ3n) is 6.38. The van der Waals surface area contributed by atoms with E-state index < -0.39 is 0 Å². The van der Waals surface area contributed by atoms with E-state index in [9.17, 15) is 14.4 Å². The lowest BCUT2D eigenvalue weighted by molar-refractivity contribution is -0.140. The lowest BCUT2D eigenvalue weighted by atomic mass is 9.81. The van der Waals surface area contributed by atoms with Crippen molar-refractivity contribution in [3.63, 3.8) is 0 Å². The molecule has 4 rings (SSSR count). The van der Waals surface area contributed by atoms with Gasteiger partial charge in [-0.25, -0.2) is 0 Å². The van der Waals surface area contributed by atoms with Crippen LogP contribution in [0.25, 0.3) is 0 Å². The van der Waals surface area contributed by atoms with Gasteiger partial charge in [-0.2, -0.15) is 0 Å². The van der Waals surface area contributed by atoms with E-state index in [4.69, 9.17) is 0 Å². The monoisotopic (exact) mass is 383 g/mol. The maximum atomic E-state index is 12.5. The SMILES string of the molecule is O=C(CCN1C(=O)[C@H]2CCCC[C@H]2C1=O)N[C@@H]1CCN(Cc2ccccc2)C1. The zero-order valence-corrected chi connectivity index (χ0v) is 16.3. The molecule has 6 heteroatoms. The normalized spacial score (nSPS) is 27.9. The highest BCUT2D eigenvalue weighted by Gasteiger charge is 2.47. The van der Waals surface area contributed by atoms with Crippen molar-refractivity contribution in [2.24, 2.45) is 11.8 Å². The number of hydrogen-bond acceptors (Lipinski definition) is 4. The molecule has 6 nitrogen and oxygen atoms in total. The van der Waals surface area contributed by atoms with Crippen molar-refractivity contribution < 1.29 is 14.4 Å². The molecule has 1 aromatic rings. The fourth-order valence-electron chi connectivity index (χ4n) is 4.90. The van der Waals surface area contributed by atoms with Gasteiger partial charge >= 0.3 is 0 Å². The topological polar surface area (TPSA) is 69.7 Å². The maximum absolute atomic E-state index is 12.5. The minimum absolute atomic E-state index is 0.0580. The number of carbonyl (C=O) groups excluding carboxylic acids is 3. The third-order valence-corrected chi connectivity index (χ3v) is 6.38. The van der Waals surface area contributed by atoms with Gasteiger partial charge in [-0.15, -0.1) is 0 Å². The molecule has 0 spiro atoms. The van der Waals surface area contributed by atoms with Gasteiger partial charge in [0, 0.05) is 38.6 Å². The van der Waals surface area contributed by atoms with E-state index >= 15 is 0 Å². The van der Waals surface area contributed by atoms with Crippen LogP contribution in [0.2, 0.25) is 0 Å². The summed E-state index contributed by atoms with van der Waals surface area (Å²) in [6, 6.07) is 10.5. The van der Waals surface area contributed by atoms with Crippen LogP contribution in [0.15, 0.2) is 30.3 Å². The van der Waals surface area contributed by atoms with E-state index in [0.29, 0.717) is 0 Å². The van der Waals surface area contributed by atoms with E-state index in [1.165, 1.54) is 10.5 Å². The molecule has 3 fully saturated rings. The average Bonchev–Trinajstić information content (AvgIpc) is 3.24. The smallest absolute Gasteiger partial charge is 0.233 e. The predicted molar refractivity (Wildman–Crippen MR) is 105 cm³/mol. The summed E-state index contributed by atoms with van der Waals surface area (Å²) in [6.07, 6.45) is 4.82. The van der Waals surface area contributed by atoms with Gasteiger partial charge in [0.25, 0.3) is 0 Å². The Morgan fingerprint density at radius 2 is 1.68 bits per heavy atom. The molecule has 0 bridgehead atoms. The third kappa shape index (κ3) is 4.12. The fourth-order valence-corrected chi connectivity index (χ4v) is 4.90. The van der Waals surface area contributed by atoms with Crippen molar-refractivity contribution in [2.45, 2.75) is 51.1 Å². The van der Waals surface area contributed by atoms with Crippen LogP contribution in [0.1, 0.15) is 44.1 Å². The first kappa shape index (κ1) is 19.1. The van der Waals surface area contributed by atoms with Crippen molar-refractivity contribution >= 4 is 17.7 Å². The summed E-state index contributed by atoms with van der Waals surface area (Å²) in [5, 5.41) is 3.08. The number of nitrogens with one attached hydrogen (secondary N) is 1. The Morgan fingerprint density at radius 1 is 1.00 bits per heavy atom. The van der Waals surface area contributed by atoms with E-state index in [1.807, 2.05) is 18.2 Å². The molecular formula is C22H29N3O3. The Balaban J connectivity index is 1.22. The van der Waals surface area contributed by atoms with Gasteiger partial charge in [0.1, 0.15) is 0 Å². The standard InChI is InChI=1S/C22H29N3O3/c26-20(11-13-25-21(27)18-8-4-5-9-19(18)22(25)28)23-17-10-12-24(15-17)14-16-6-2-1-3-7-16/h1-3,6-7,17-19H,4-5,8-15H2,(H,23,26)/t17-,18-,19+/m1/s1. The molecule has 2 saturated heterocycles. The van der Waals surface area contributed by atoms with Gasteiger partial charge in [0.15, 0.2) is 0 Å². The number of benzene rings is 1. The molecule has 3 atom stereocenters. The predicted octanol–water partition coefficient (Wildman–Crippen LogP) is 1.94. The van der Waals surface area contributed by atoms with E-state index in [1.54, 1.807) is 0 Å². The van der Waals surface area contributed by atoms with Crippen LogP contribution in [0.5, 0.6) is 0 Å².